The number of ketones is 1. The lowest BCUT2D eigenvalue weighted by atomic mass is 9.94. The molecule has 0 saturated carbocycles. The molecule has 36 heavy (non-hydrogen) atoms. The summed E-state index contributed by atoms with van der Waals surface area (Å²) in [5.74, 6) is -1.78. The maximum absolute atomic E-state index is 14.3. The number of carbonyl (C=O) groups excluding carboxylic acids is 2. The Bertz CT molecular complexity index is 1270. The summed E-state index contributed by atoms with van der Waals surface area (Å²) in [6, 6.07) is 14.1. The first kappa shape index (κ1) is 25.1. The number of amides is 1. The number of hydrogen-bond donors (Lipinski definition) is 1. The third-order valence-corrected chi connectivity index (χ3v) is 6.30. The number of aliphatic hydroxyl groups is 1. The molecule has 6 nitrogen and oxygen atoms in total. The summed E-state index contributed by atoms with van der Waals surface area (Å²) >= 11 is 0. The van der Waals surface area contributed by atoms with E-state index in [0.29, 0.717) is 23.5 Å². The maximum Gasteiger partial charge on any atom is 0.295 e. The largest absolute Gasteiger partial charge is 0.507 e. The molecule has 1 saturated heterocycles. The molecule has 1 aromatic heterocycles. The number of benzene rings is 2. The maximum atomic E-state index is 14.3. The van der Waals surface area contributed by atoms with E-state index in [1.165, 1.54) is 23.1 Å². The van der Waals surface area contributed by atoms with Crippen molar-refractivity contribution in [2.45, 2.75) is 45.7 Å². The van der Waals surface area contributed by atoms with E-state index in [9.17, 15) is 19.1 Å². The topological polar surface area (TPSA) is 79.7 Å². The van der Waals surface area contributed by atoms with Gasteiger partial charge in [0.15, 0.2) is 0 Å². The predicted octanol–water partition coefficient (Wildman–Crippen LogP) is 5.72. The summed E-state index contributed by atoms with van der Waals surface area (Å²) in [5.41, 5.74) is 1.90. The van der Waals surface area contributed by atoms with Crippen LogP contribution in [0.1, 0.15) is 54.5 Å². The normalized spacial score (nSPS) is 17.0. The number of aromatic nitrogens is 1. The number of ether oxygens (including phenoxy) is 1. The van der Waals surface area contributed by atoms with Gasteiger partial charge in [0.05, 0.1) is 18.2 Å². The molecule has 4 rings (SSSR count). The highest BCUT2D eigenvalue weighted by Gasteiger charge is 2.46. The molecule has 7 heteroatoms. The van der Waals surface area contributed by atoms with Crippen molar-refractivity contribution in [3.05, 3.63) is 101 Å². The molecule has 2 heterocycles. The Balaban J connectivity index is 1.74. The van der Waals surface area contributed by atoms with Gasteiger partial charge in [-0.25, -0.2) is 4.39 Å². The molecule has 1 fully saturated rings. The number of aryl methyl sites for hydroxylation is 1. The van der Waals surface area contributed by atoms with Crippen LogP contribution < -0.4 is 4.74 Å². The molecule has 1 unspecified atom stereocenters. The second-order valence-corrected chi connectivity index (χ2v) is 8.87. The number of Topliss-reactive ketones (excluding diaryl/α,β-unsaturated/α-hetero) is 1. The van der Waals surface area contributed by atoms with Crippen LogP contribution in [0.25, 0.3) is 5.76 Å². The third kappa shape index (κ3) is 5.30. The average molecular weight is 489 g/mol. The highest BCUT2D eigenvalue weighted by Crippen LogP contribution is 2.40. The predicted molar refractivity (Wildman–Crippen MR) is 135 cm³/mol. The summed E-state index contributed by atoms with van der Waals surface area (Å²) in [6.07, 6.45) is 6.36. The van der Waals surface area contributed by atoms with Crippen LogP contribution >= 0.6 is 0 Å². The van der Waals surface area contributed by atoms with Gasteiger partial charge in [-0.3, -0.25) is 14.6 Å². The zero-order valence-corrected chi connectivity index (χ0v) is 20.4. The molecule has 0 radical (unpaired) electrons. The average Bonchev–Trinajstić information content (AvgIpc) is 3.13. The van der Waals surface area contributed by atoms with Gasteiger partial charge < -0.3 is 14.7 Å². The molecule has 186 valence electrons. The van der Waals surface area contributed by atoms with Gasteiger partial charge in [0.2, 0.25) is 0 Å². The van der Waals surface area contributed by atoms with Gasteiger partial charge in [-0.05, 0) is 60.4 Å². The van der Waals surface area contributed by atoms with Gasteiger partial charge in [0.1, 0.15) is 17.3 Å². The van der Waals surface area contributed by atoms with Gasteiger partial charge >= 0.3 is 0 Å². The molecule has 0 bridgehead atoms. The number of rotatable bonds is 9. The summed E-state index contributed by atoms with van der Waals surface area (Å²) < 4.78 is 20.1. The lowest BCUT2D eigenvalue weighted by Crippen LogP contribution is -2.29. The Morgan fingerprint density at radius 1 is 1.06 bits per heavy atom. The molecule has 3 aromatic rings. The molecule has 1 amide bonds. The molecular formula is C29H29FN2O4. The summed E-state index contributed by atoms with van der Waals surface area (Å²) in [6.45, 7) is 4.49. The zero-order valence-electron chi connectivity index (χ0n) is 20.4. The molecule has 2 aromatic carbocycles. The molecule has 1 atom stereocenters. The standard InChI is InChI=1S/C29H29FN2O4/c1-3-4-5-16-36-23-10-8-21(9-11-23)26-25(27(33)22-7-6-19(2)24(30)17-22)28(34)29(35)32(26)18-20-12-14-31-15-13-20/h6-15,17,26,33H,3-5,16,18H2,1-2H3/b27-25+. The Labute approximate surface area is 210 Å². The minimum absolute atomic E-state index is 0.0751. The Morgan fingerprint density at radius 2 is 1.78 bits per heavy atom. The second kappa shape index (κ2) is 11.2. The number of nitrogens with zero attached hydrogens (tertiary/aromatic N) is 2. The smallest absolute Gasteiger partial charge is 0.295 e. The van der Waals surface area contributed by atoms with Crippen molar-refractivity contribution in [2.24, 2.45) is 0 Å². The van der Waals surface area contributed by atoms with Crippen LogP contribution in [-0.4, -0.2) is 33.3 Å². The van der Waals surface area contributed by atoms with Gasteiger partial charge in [0, 0.05) is 24.5 Å². The minimum Gasteiger partial charge on any atom is -0.507 e. The van der Waals surface area contributed by atoms with E-state index in [2.05, 4.69) is 11.9 Å². The fourth-order valence-corrected chi connectivity index (χ4v) is 4.26. The van der Waals surface area contributed by atoms with Crippen LogP contribution in [-0.2, 0) is 16.1 Å². The van der Waals surface area contributed by atoms with E-state index >= 15 is 0 Å². The molecule has 0 spiro atoms. The Hall–Kier alpha value is -4.00. The Morgan fingerprint density at radius 3 is 2.44 bits per heavy atom. The van der Waals surface area contributed by atoms with Gasteiger partial charge in [-0.15, -0.1) is 0 Å². The number of halogens is 1. The van der Waals surface area contributed by atoms with Crippen LogP contribution in [0.5, 0.6) is 5.75 Å². The van der Waals surface area contributed by atoms with Gasteiger partial charge in [-0.2, -0.15) is 0 Å². The number of unbranched alkanes of at least 4 members (excludes halogenated alkanes) is 2. The first-order chi connectivity index (χ1) is 17.4. The second-order valence-electron chi connectivity index (χ2n) is 8.87. The number of aliphatic hydroxyl groups excluding tert-OH is 1. The van der Waals surface area contributed by atoms with Crippen molar-refractivity contribution >= 4 is 17.4 Å². The fourth-order valence-electron chi connectivity index (χ4n) is 4.26. The summed E-state index contributed by atoms with van der Waals surface area (Å²) in [7, 11) is 0. The van der Waals surface area contributed by atoms with Gasteiger partial charge in [0.25, 0.3) is 11.7 Å². The van der Waals surface area contributed by atoms with Crippen LogP contribution in [0.2, 0.25) is 0 Å². The molecule has 1 aliphatic heterocycles. The van der Waals surface area contributed by atoms with Crippen molar-refractivity contribution in [3.63, 3.8) is 0 Å². The van der Waals surface area contributed by atoms with E-state index in [1.54, 1.807) is 55.7 Å². The van der Waals surface area contributed by atoms with Crippen LogP contribution in [0.15, 0.2) is 72.6 Å². The molecule has 0 aliphatic carbocycles. The van der Waals surface area contributed by atoms with Crippen LogP contribution in [0.4, 0.5) is 4.39 Å². The Kier molecular flexibility index (Phi) is 7.78. The molecular weight excluding hydrogens is 459 g/mol. The highest BCUT2D eigenvalue weighted by atomic mass is 19.1. The van der Waals surface area contributed by atoms with Crippen molar-refractivity contribution in [1.29, 1.82) is 0 Å². The van der Waals surface area contributed by atoms with E-state index in [1.807, 2.05) is 0 Å². The molecule has 1 N–H and O–H groups in total. The fraction of sp³-hybridized carbons (Fsp3) is 0.276. The van der Waals surface area contributed by atoms with Gasteiger partial charge in [-0.1, -0.05) is 44.0 Å². The minimum atomic E-state index is -0.850. The van der Waals surface area contributed by atoms with E-state index in [-0.39, 0.29) is 17.7 Å². The lowest BCUT2D eigenvalue weighted by molar-refractivity contribution is -0.140. The number of likely N-dealkylation sites (tertiary alicyclic amines) is 1. The van der Waals surface area contributed by atoms with Crippen LogP contribution in [0, 0.1) is 12.7 Å². The lowest BCUT2D eigenvalue weighted by Gasteiger charge is -2.25. The summed E-state index contributed by atoms with van der Waals surface area (Å²) in [4.78, 5) is 31.8. The van der Waals surface area contributed by atoms with E-state index in [4.69, 9.17) is 4.74 Å². The number of carbonyl (C=O) groups is 2. The highest BCUT2D eigenvalue weighted by molar-refractivity contribution is 6.46. The monoisotopic (exact) mass is 488 g/mol. The number of pyridine rings is 1. The van der Waals surface area contributed by atoms with E-state index in [0.717, 1.165) is 24.8 Å². The number of hydrogen-bond acceptors (Lipinski definition) is 5. The zero-order chi connectivity index (χ0) is 25.7. The third-order valence-electron chi connectivity index (χ3n) is 6.30. The van der Waals surface area contributed by atoms with Crippen molar-refractivity contribution in [3.8, 4) is 5.75 Å². The SMILES string of the molecule is CCCCCOc1ccc(C2/C(=C(\O)c3ccc(C)c(F)c3)C(=O)C(=O)N2Cc2ccncc2)cc1. The summed E-state index contributed by atoms with van der Waals surface area (Å²) in [5, 5.41) is 11.1. The first-order valence-corrected chi connectivity index (χ1v) is 12.1. The van der Waals surface area contributed by atoms with Crippen molar-refractivity contribution < 1.29 is 23.8 Å². The van der Waals surface area contributed by atoms with E-state index < -0.39 is 29.3 Å². The van der Waals surface area contributed by atoms with Crippen molar-refractivity contribution in [2.75, 3.05) is 6.61 Å². The first-order valence-electron chi connectivity index (χ1n) is 12.1. The quantitative estimate of drug-likeness (QED) is 0.180. The molecule has 1 aliphatic rings. The van der Waals surface area contributed by atoms with Crippen molar-refractivity contribution in [1.82, 2.24) is 9.88 Å². The van der Waals surface area contributed by atoms with Crippen LogP contribution in [0.3, 0.4) is 0 Å².